The Balaban J connectivity index is 1.80. The van der Waals surface area contributed by atoms with E-state index in [9.17, 15) is 22.8 Å². The van der Waals surface area contributed by atoms with Gasteiger partial charge in [-0.05, 0) is 31.0 Å². The number of methoxy groups -OCH3 is 1. The van der Waals surface area contributed by atoms with E-state index >= 15 is 0 Å². The molecule has 1 saturated carbocycles. The molecule has 4 rings (SSSR count). The summed E-state index contributed by atoms with van der Waals surface area (Å²) in [6.07, 6.45) is -2.37. The van der Waals surface area contributed by atoms with Gasteiger partial charge >= 0.3 is 11.8 Å². The molecule has 1 aliphatic carbocycles. The minimum atomic E-state index is -5.15. The number of carbonyl (C=O) groups excluding carboxylic acids is 2. The normalized spacial score (nSPS) is 21.6. The predicted molar refractivity (Wildman–Crippen MR) is 111 cm³/mol. The SMILES string of the molecule is COc1cccc(C(=O)N[C@@]2(C(F)(F)F)N=C(c3ccccc3)N(C3CCCC3)C2=O)c1. The molecule has 2 aromatic carbocycles. The second kappa shape index (κ2) is 8.29. The van der Waals surface area contributed by atoms with Crippen molar-refractivity contribution < 1.29 is 27.5 Å². The number of rotatable bonds is 5. The molecular weight excluding hydrogens is 423 g/mol. The number of aliphatic imine (C=N–C) groups is 1. The van der Waals surface area contributed by atoms with E-state index in [1.54, 1.807) is 36.4 Å². The fraction of sp³-hybridized carbons (Fsp3) is 0.348. The third kappa shape index (κ3) is 3.72. The molecule has 2 aromatic rings. The smallest absolute Gasteiger partial charge is 0.442 e. The van der Waals surface area contributed by atoms with E-state index in [4.69, 9.17) is 4.74 Å². The van der Waals surface area contributed by atoms with Crippen molar-refractivity contribution in [2.75, 3.05) is 7.11 Å². The molecule has 168 valence electrons. The van der Waals surface area contributed by atoms with Crippen LogP contribution in [0.15, 0.2) is 59.6 Å². The van der Waals surface area contributed by atoms with Gasteiger partial charge in [-0.2, -0.15) is 13.2 Å². The molecule has 2 aliphatic rings. The summed E-state index contributed by atoms with van der Waals surface area (Å²) in [7, 11) is 1.38. The zero-order valence-corrected chi connectivity index (χ0v) is 17.4. The molecule has 6 nitrogen and oxygen atoms in total. The Kier molecular flexibility index (Phi) is 5.66. The van der Waals surface area contributed by atoms with Crippen LogP contribution < -0.4 is 10.1 Å². The second-order valence-corrected chi connectivity index (χ2v) is 7.81. The molecule has 1 atom stereocenters. The van der Waals surface area contributed by atoms with E-state index in [1.807, 2.05) is 5.32 Å². The van der Waals surface area contributed by atoms with E-state index < -0.39 is 29.7 Å². The number of nitrogens with one attached hydrogen (secondary N) is 1. The Hall–Kier alpha value is -3.36. The van der Waals surface area contributed by atoms with Gasteiger partial charge in [-0.15, -0.1) is 0 Å². The maximum absolute atomic E-state index is 14.4. The number of nitrogens with zero attached hydrogens (tertiary/aromatic N) is 2. The average Bonchev–Trinajstić information content (AvgIpc) is 3.41. The lowest BCUT2D eigenvalue weighted by Gasteiger charge is -2.31. The van der Waals surface area contributed by atoms with Gasteiger partial charge in [0.1, 0.15) is 11.6 Å². The van der Waals surface area contributed by atoms with Crippen molar-refractivity contribution in [3.63, 3.8) is 0 Å². The molecule has 0 unspecified atom stereocenters. The maximum Gasteiger partial charge on any atom is 0.442 e. The number of halogens is 3. The van der Waals surface area contributed by atoms with Crippen LogP contribution in [0.1, 0.15) is 41.6 Å². The van der Waals surface area contributed by atoms with Gasteiger partial charge in [0.05, 0.1) is 7.11 Å². The fourth-order valence-electron chi connectivity index (χ4n) is 4.16. The first kappa shape index (κ1) is 21.9. The van der Waals surface area contributed by atoms with Crippen molar-refractivity contribution in [2.24, 2.45) is 4.99 Å². The predicted octanol–water partition coefficient (Wildman–Crippen LogP) is 3.92. The van der Waals surface area contributed by atoms with Crippen LogP contribution in [-0.2, 0) is 4.79 Å². The largest absolute Gasteiger partial charge is 0.497 e. The van der Waals surface area contributed by atoms with Crippen LogP contribution in [-0.4, -0.2) is 47.5 Å². The van der Waals surface area contributed by atoms with Gasteiger partial charge in [0.15, 0.2) is 0 Å². The Morgan fingerprint density at radius 2 is 1.81 bits per heavy atom. The number of hydrogen-bond donors (Lipinski definition) is 1. The number of alkyl halides is 3. The summed E-state index contributed by atoms with van der Waals surface area (Å²) in [5, 5.41) is 1.90. The third-order valence-electron chi connectivity index (χ3n) is 5.79. The zero-order chi connectivity index (χ0) is 22.9. The number of amidine groups is 1. The maximum atomic E-state index is 14.4. The molecule has 1 aliphatic heterocycles. The van der Waals surface area contributed by atoms with Gasteiger partial charge in [-0.3, -0.25) is 14.5 Å². The van der Waals surface area contributed by atoms with E-state index in [0.717, 1.165) is 17.7 Å². The van der Waals surface area contributed by atoms with E-state index in [0.29, 0.717) is 24.2 Å². The van der Waals surface area contributed by atoms with Crippen LogP contribution in [0.5, 0.6) is 5.75 Å². The Morgan fingerprint density at radius 3 is 2.44 bits per heavy atom. The Bertz CT molecular complexity index is 1050. The Labute approximate surface area is 183 Å². The first-order chi connectivity index (χ1) is 15.3. The minimum absolute atomic E-state index is 0.0726. The Morgan fingerprint density at radius 1 is 1.12 bits per heavy atom. The van der Waals surface area contributed by atoms with E-state index in [2.05, 4.69) is 4.99 Å². The molecule has 2 amide bonds. The summed E-state index contributed by atoms with van der Waals surface area (Å²) in [5.41, 5.74) is -3.09. The lowest BCUT2D eigenvalue weighted by Crippen LogP contribution is -2.64. The van der Waals surface area contributed by atoms with Crippen LogP contribution in [0, 0.1) is 0 Å². The van der Waals surface area contributed by atoms with Crippen LogP contribution >= 0.6 is 0 Å². The van der Waals surface area contributed by atoms with Gasteiger partial charge in [-0.1, -0.05) is 49.2 Å². The van der Waals surface area contributed by atoms with E-state index in [-0.39, 0.29) is 11.4 Å². The van der Waals surface area contributed by atoms with Gasteiger partial charge in [0, 0.05) is 17.2 Å². The monoisotopic (exact) mass is 445 g/mol. The summed E-state index contributed by atoms with van der Waals surface area (Å²) in [4.78, 5) is 31.2. The number of hydrogen-bond acceptors (Lipinski definition) is 4. The second-order valence-electron chi connectivity index (χ2n) is 7.81. The number of amides is 2. The van der Waals surface area contributed by atoms with Crippen LogP contribution in [0.25, 0.3) is 0 Å². The topological polar surface area (TPSA) is 71.0 Å². The number of benzene rings is 2. The number of carbonyl (C=O) groups is 2. The fourth-order valence-corrected chi connectivity index (χ4v) is 4.16. The molecule has 0 radical (unpaired) electrons. The summed E-state index contributed by atoms with van der Waals surface area (Å²) in [6.45, 7) is 0. The molecule has 0 aromatic heterocycles. The molecule has 1 heterocycles. The van der Waals surface area contributed by atoms with Gasteiger partial charge in [-0.25, -0.2) is 4.99 Å². The molecule has 9 heteroatoms. The summed E-state index contributed by atoms with van der Waals surface area (Å²) >= 11 is 0. The van der Waals surface area contributed by atoms with E-state index in [1.165, 1.54) is 25.3 Å². The summed E-state index contributed by atoms with van der Waals surface area (Å²) < 4.78 is 48.4. The van der Waals surface area contributed by atoms with Gasteiger partial charge in [0.2, 0.25) is 0 Å². The van der Waals surface area contributed by atoms with Crippen LogP contribution in [0.3, 0.4) is 0 Å². The standard InChI is InChI=1S/C23H22F3N3O3/c1-32-18-13-7-10-16(14-18)20(30)28-22(23(24,25)26)21(31)29(17-11-5-6-12-17)19(27-22)15-8-3-2-4-9-15/h2-4,7-10,13-14,17H,5-6,11-12H2,1H3,(H,28,30)/t22-/m0/s1. The average molecular weight is 445 g/mol. The molecular formula is C23H22F3N3O3. The van der Waals surface area contributed by atoms with Crippen molar-refractivity contribution in [3.05, 3.63) is 65.7 Å². The summed E-state index contributed by atoms with van der Waals surface area (Å²) in [5.74, 6) is -2.13. The first-order valence-corrected chi connectivity index (χ1v) is 10.3. The summed E-state index contributed by atoms with van der Waals surface area (Å²) in [6, 6.07) is 13.5. The van der Waals surface area contributed by atoms with Crippen LogP contribution in [0.2, 0.25) is 0 Å². The molecule has 0 spiro atoms. The number of ether oxygens (including phenoxy) is 1. The van der Waals surface area contributed by atoms with Crippen molar-refractivity contribution in [3.8, 4) is 5.75 Å². The first-order valence-electron chi connectivity index (χ1n) is 10.3. The van der Waals surface area contributed by atoms with Gasteiger partial charge < -0.3 is 10.1 Å². The quantitative estimate of drug-likeness (QED) is 0.759. The molecule has 1 N–H and O–H groups in total. The highest BCUT2D eigenvalue weighted by Gasteiger charge is 2.68. The highest BCUT2D eigenvalue weighted by atomic mass is 19.4. The van der Waals surface area contributed by atoms with Crippen molar-refractivity contribution in [1.29, 1.82) is 0 Å². The highest BCUT2D eigenvalue weighted by Crippen LogP contribution is 2.41. The van der Waals surface area contributed by atoms with Crippen LogP contribution in [0.4, 0.5) is 13.2 Å². The van der Waals surface area contributed by atoms with Crippen molar-refractivity contribution >= 4 is 17.6 Å². The van der Waals surface area contributed by atoms with Crippen molar-refractivity contribution in [1.82, 2.24) is 10.2 Å². The lowest BCUT2D eigenvalue weighted by atomic mass is 10.1. The minimum Gasteiger partial charge on any atom is -0.497 e. The molecule has 1 fully saturated rings. The van der Waals surface area contributed by atoms with Gasteiger partial charge in [0.25, 0.3) is 11.8 Å². The molecule has 0 saturated heterocycles. The zero-order valence-electron chi connectivity index (χ0n) is 17.4. The molecule has 0 bridgehead atoms. The lowest BCUT2D eigenvalue weighted by molar-refractivity contribution is -0.196. The third-order valence-corrected chi connectivity index (χ3v) is 5.79. The van der Waals surface area contributed by atoms with Crippen molar-refractivity contribution in [2.45, 2.75) is 43.6 Å². The molecule has 32 heavy (non-hydrogen) atoms. The highest BCUT2D eigenvalue weighted by molar-refractivity contribution is 6.17.